The Kier molecular flexibility index (Phi) is 6.35. The third-order valence-corrected chi connectivity index (χ3v) is 8.07. The molecule has 190 valence electrons. The van der Waals surface area contributed by atoms with Crippen LogP contribution in [0, 0.1) is 10.1 Å². The molecule has 1 N–H and O–H groups in total. The summed E-state index contributed by atoms with van der Waals surface area (Å²) in [7, 11) is -2.27. The highest BCUT2D eigenvalue weighted by Crippen LogP contribution is 2.44. The second-order valence-corrected chi connectivity index (χ2v) is 10.3. The topological polar surface area (TPSA) is 180 Å². The standard InChI is InChI=1S/C22H21N9O5S/c1-29(11-14-2-4-15(5-3-14)27-28-23)21-19-20(25-13-26-21)24-10-17-12-36-22(19)30(17)37(34,35)18-8-6-16(7-9-18)31(32)33/h2-9,13,17,22H,10-12H2,1H3,(H,24,25,26)/t17-,22-/m0/s1. The molecule has 0 radical (unpaired) electrons. The molecule has 0 unspecified atom stereocenters. The van der Waals surface area contributed by atoms with Gasteiger partial charge in [0.25, 0.3) is 5.69 Å². The minimum absolute atomic E-state index is 0.0751. The van der Waals surface area contributed by atoms with Crippen molar-refractivity contribution in [2.24, 2.45) is 5.11 Å². The zero-order valence-corrected chi connectivity index (χ0v) is 20.3. The number of nitrogens with zero attached hydrogens (tertiary/aromatic N) is 8. The number of anilines is 2. The molecule has 2 aliphatic rings. The van der Waals surface area contributed by atoms with E-state index in [0.29, 0.717) is 29.4 Å². The molecule has 1 aromatic heterocycles. The first-order valence-electron chi connectivity index (χ1n) is 11.1. The fourth-order valence-electron chi connectivity index (χ4n) is 4.43. The number of nitro benzene ring substituents is 1. The van der Waals surface area contributed by atoms with Crippen molar-refractivity contribution >= 4 is 33.0 Å². The molecule has 1 fully saturated rings. The summed E-state index contributed by atoms with van der Waals surface area (Å²) in [6.45, 7) is 0.838. The maximum Gasteiger partial charge on any atom is 0.269 e. The van der Waals surface area contributed by atoms with E-state index in [9.17, 15) is 18.5 Å². The van der Waals surface area contributed by atoms with Crippen LogP contribution >= 0.6 is 0 Å². The van der Waals surface area contributed by atoms with Gasteiger partial charge in [0.1, 0.15) is 18.0 Å². The Morgan fingerprint density at radius 3 is 2.65 bits per heavy atom. The third-order valence-electron chi connectivity index (χ3n) is 6.15. The van der Waals surface area contributed by atoms with E-state index >= 15 is 0 Å². The van der Waals surface area contributed by atoms with Crippen molar-refractivity contribution in [2.75, 3.05) is 30.4 Å². The largest absolute Gasteiger partial charge is 0.368 e. The molecule has 2 aliphatic heterocycles. The van der Waals surface area contributed by atoms with Gasteiger partial charge in [-0.2, -0.15) is 4.31 Å². The summed E-state index contributed by atoms with van der Waals surface area (Å²) in [6, 6.07) is 11.3. The normalized spacial score (nSPS) is 18.7. The highest BCUT2D eigenvalue weighted by molar-refractivity contribution is 7.89. The van der Waals surface area contributed by atoms with Gasteiger partial charge >= 0.3 is 0 Å². The number of hydrogen-bond acceptors (Lipinski definition) is 10. The van der Waals surface area contributed by atoms with Crippen molar-refractivity contribution in [3.05, 3.63) is 86.5 Å². The summed E-state index contributed by atoms with van der Waals surface area (Å²) >= 11 is 0. The van der Waals surface area contributed by atoms with Crippen LogP contribution < -0.4 is 10.2 Å². The number of non-ortho nitro benzene ring substituents is 1. The minimum atomic E-state index is -4.09. The smallest absolute Gasteiger partial charge is 0.269 e. The van der Waals surface area contributed by atoms with Crippen LogP contribution in [0.3, 0.4) is 0 Å². The van der Waals surface area contributed by atoms with Gasteiger partial charge in [0.05, 0.1) is 28.0 Å². The number of aromatic nitrogens is 2. The van der Waals surface area contributed by atoms with Crippen LogP contribution in [0.4, 0.5) is 23.0 Å². The van der Waals surface area contributed by atoms with Crippen LogP contribution in [0.15, 0.2) is 64.9 Å². The Labute approximate surface area is 211 Å². The fourth-order valence-corrected chi connectivity index (χ4v) is 6.10. The predicted molar refractivity (Wildman–Crippen MR) is 132 cm³/mol. The van der Waals surface area contributed by atoms with Gasteiger partial charge < -0.3 is 15.0 Å². The Morgan fingerprint density at radius 1 is 1.24 bits per heavy atom. The highest BCUT2D eigenvalue weighted by Gasteiger charge is 2.48. The summed E-state index contributed by atoms with van der Waals surface area (Å²) in [5, 5.41) is 17.8. The van der Waals surface area contributed by atoms with E-state index in [1.165, 1.54) is 22.8 Å². The lowest BCUT2D eigenvalue weighted by Crippen LogP contribution is -2.40. The van der Waals surface area contributed by atoms with E-state index in [0.717, 1.165) is 17.7 Å². The number of sulfonamides is 1. The Balaban J connectivity index is 1.50. The van der Waals surface area contributed by atoms with Crippen molar-refractivity contribution in [3.63, 3.8) is 0 Å². The Bertz CT molecular complexity index is 1490. The number of rotatable bonds is 7. The van der Waals surface area contributed by atoms with Crippen LogP contribution in [0.1, 0.15) is 17.4 Å². The summed E-state index contributed by atoms with van der Waals surface area (Å²) in [6.07, 6.45) is 0.400. The summed E-state index contributed by atoms with van der Waals surface area (Å²) in [5.41, 5.74) is 10.3. The monoisotopic (exact) mass is 523 g/mol. The minimum Gasteiger partial charge on any atom is -0.368 e. The van der Waals surface area contributed by atoms with Gasteiger partial charge in [0.15, 0.2) is 6.23 Å². The fraction of sp³-hybridized carbons (Fsp3) is 0.273. The van der Waals surface area contributed by atoms with Crippen LogP contribution in [0.25, 0.3) is 10.4 Å². The second-order valence-electron chi connectivity index (χ2n) is 8.48. The van der Waals surface area contributed by atoms with Gasteiger partial charge in [-0.25, -0.2) is 18.4 Å². The average Bonchev–Trinajstić information content (AvgIpc) is 3.24. The molecule has 2 bridgehead atoms. The maximum absolute atomic E-state index is 13.7. The summed E-state index contributed by atoms with van der Waals surface area (Å²) < 4.78 is 34.7. The SMILES string of the molecule is CN(Cc1ccc(N=[N+]=[N-])cc1)c1ncnc2c1[C@@H]1OC[C@H](CN2)N1S(=O)(=O)c1ccc([N+](=O)[O-])cc1. The highest BCUT2D eigenvalue weighted by atomic mass is 32.2. The third kappa shape index (κ3) is 4.51. The van der Waals surface area contributed by atoms with Crippen molar-refractivity contribution in [2.45, 2.75) is 23.7 Å². The number of nitro groups is 1. The molecule has 15 heteroatoms. The van der Waals surface area contributed by atoms with E-state index in [1.807, 2.05) is 24.1 Å². The lowest BCUT2D eigenvalue weighted by Gasteiger charge is -2.28. The maximum atomic E-state index is 13.7. The first-order valence-corrected chi connectivity index (χ1v) is 12.6. The Morgan fingerprint density at radius 2 is 1.97 bits per heavy atom. The molecule has 14 nitrogen and oxygen atoms in total. The van der Waals surface area contributed by atoms with Crippen LogP contribution in [-0.2, 0) is 21.3 Å². The molecule has 0 amide bonds. The second kappa shape index (κ2) is 9.63. The van der Waals surface area contributed by atoms with Crippen molar-refractivity contribution in [1.82, 2.24) is 14.3 Å². The molecular formula is C22H21N9O5S. The van der Waals surface area contributed by atoms with E-state index in [1.54, 1.807) is 12.1 Å². The van der Waals surface area contributed by atoms with Crippen molar-refractivity contribution in [1.29, 1.82) is 0 Å². The van der Waals surface area contributed by atoms with E-state index in [-0.39, 0.29) is 23.7 Å². The average molecular weight is 524 g/mol. The quantitative estimate of drug-likeness (QED) is 0.159. The molecular weight excluding hydrogens is 502 g/mol. The molecule has 0 spiro atoms. The van der Waals surface area contributed by atoms with Crippen LogP contribution in [0.2, 0.25) is 0 Å². The van der Waals surface area contributed by atoms with Gasteiger partial charge in [0.2, 0.25) is 10.0 Å². The molecule has 3 aromatic rings. The summed E-state index contributed by atoms with van der Waals surface area (Å²) in [5.74, 6) is 0.944. The first-order chi connectivity index (χ1) is 17.8. The van der Waals surface area contributed by atoms with Gasteiger partial charge in [-0.1, -0.05) is 29.4 Å². The molecule has 0 saturated carbocycles. The molecule has 2 atom stereocenters. The molecule has 1 saturated heterocycles. The number of fused-ring (bicyclic) bond motifs is 4. The number of benzene rings is 2. The Hall–Kier alpha value is -4.30. The molecule has 37 heavy (non-hydrogen) atoms. The zero-order chi connectivity index (χ0) is 26.2. The zero-order valence-electron chi connectivity index (χ0n) is 19.5. The van der Waals surface area contributed by atoms with Gasteiger partial charge in [-0.15, -0.1) is 0 Å². The molecule has 3 heterocycles. The summed E-state index contributed by atoms with van der Waals surface area (Å²) in [4.78, 5) is 23.8. The molecule has 2 aromatic carbocycles. The van der Waals surface area contributed by atoms with Gasteiger partial charge in [0, 0.05) is 42.9 Å². The van der Waals surface area contributed by atoms with Crippen LogP contribution in [0.5, 0.6) is 0 Å². The number of azide groups is 1. The number of ether oxygens (including phenoxy) is 1. The number of hydrogen-bond donors (Lipinski definition) is 1. The molecule has 5 rings (SSSR count). The van der Waals surface area contributed by atoms with Crippen LogP contribution in [-0.4, -0.2) is 53.9 Å². The van der Waals surface area contributed by atoms with E-state index in [2.05, 4.69) is 25.3 Å². The van der Waals surface area contributed by atoms with E-state index < -0.39 is 27.2 Å². The van der Waals surface area contributed by atoms with E-state index in [4.69, 9.17) is 10.3 Å². The predicted octanol–water partition coefficient (Wildman–Crippen LogP) is 3.48. The lowest BCUT2D eigenvalue weighted by atomic mass is 10.1. The van der Waals surface area contributed by atoms with Crippen molar-refractivity contribution in [3.8, 4) is 0 Å². The lowest BCUT2D eigenvalue weighted by molar-refractivity contribution is -0.384. The van der Waals surface area contributed by atoms with Gasteiger partial charge in [-0.3, -0.25) is 10.1 Å². The number of nitrogens with one attached hydrogen (secondary N) is 1. The molecule has 0 aliphatic carbocycles. The van der Waals surface area contributed by atoms with Crippen molar-refractivity contribution < 1.29 is 18.1 Å². The first kappa shape index (κ1) is 24.4. The van der Waals surface area contributed by atoms with Gasteiger partial charge in [-0.05, 0) is 23.2 Å².